The van der Waals surface area contributed by atoms with Crippen LogP contribution in [-0.4, -0.2) is 61.8 Å². The van der Waals surface area contributed by atoms with Gasteiger partial charge < -0.3 is 10.2 Å². The Morgan fingerprint density at radius 2 is 1.81 bits per heavy atom. The van der Waals surface area contributed by atoms with Crippen molar-refractivity contribution in [3.8, 4) is 5.95 Å². The zero-order valence-corrected chi connectivity index (χ0v) is 17.9. The molecule has 0 aromatic carbocycles. The number of halogens is 3. The predicted molar refractivity (Wildman–Crippen MR) is 106 cm³/mol. The van der Waals surface area contributed by atoms with Crippen molar-refractivity contribution < 1.29 is 22.8 Å². The van der Waals surface area contributed by atoms with E-state index in [2.05, 4.69) is 15.1 Å². The lowest BCUT2D eigenvalue weighted by molar-refractivity contribution is -0.144. The van der Waals surface area contributed by atoms with Gasteiger partial charge in [-0.2, -0.15) is 18.3 Å². The minimum absolute atomic E-state index is 0.00842. The smallest absolute Gasteiger partial charge is 0.345 e. The normalized spacial score (nSPS) is 16.6. The standard InChI is InChI=1S/C20H25F3N6O2/c1-11-8-12(2)26-19(25-11)29-14(4)15(13(3)27-29)9-17(30)28-7-5-6-16(28)18(31)24-10-20(21,22)23/h8,16H,5-7,9-10H2,1-4H3,(H,24,31). The number of alkyl halides is 3. The highest BCUT2D eigenvalue weighted by Gasteiger charge is 2.36. The molecule has 0 bridgehead atoms. The zero-order valence-electron chi connectivity index (χ0n) is 17.9. The topological polar surface area (TPSA) is 93.0 Å². The maximum Gasteiger partial charge on any atom is 0.405 e. The summed E-state index contributed by atoms with van der Waals surface area (Å²) in [6.45, 7) is 6.20. The van der Waals surface area contributed by atoms with Gasteiger partial charge >= 0.3 is 6.18 Å². The van der Waals surface area contributed by atoms with Crippen molar-refractivity contribution in [1.29, 1.82) is 0 Å². The Bertz CT molecular complexity index is 981. The number of carbonyl (C=O) groups is 2. The summed E-state index contributed by atoms with van der Waals surface area (Å²) in [7, 11) is 0. The molecule has 0 saturated carbocycles. The van der Waals surface area contributed by atoms with Crippen LogP contribution < -0.4 is 5.32 Å². The molecule has 2 aromatic heterocycles. The quantitative estimate of drug-likeness (QED) is 0.772. The van der Waals surface area contributed by atoms with E-state index in [-0.39, 0.29) is 12.3 Å². The second-order valence-corrected chi connectivity index (χ2v) is 7.77. The summed E-state index contributed by atoms with van der Waals surface area (Å²) in [5.74, 6) is -0.699. The van der Waals surface area contributed by atoms with Gasteiger partial charge in [-0.25, -0.2) is 14.6 Å². The third-order valence-electron chi connectivity index (χ3n) is 5.27. The average Bonchev–Trinajstić information content (AvgIpc) is 3.25. The minimum atomic E-state index is -4.50. The van der Waals surface area contributed by atoms with Crippen molar-refractivity contribution in [3.63, 3.8) is 0 Å². The predicted octanol–water partition coefficient (Wildman–Crippen LogP) is 2.11. The van der Waals surface area contributed by atoms with Gasteiger partial charge in [0.25, 0.3) is 5.95 Å². The van der Waals surface area contributed by atoms with E-state index in [0.29, 0.717) is 42.3 Å². The first-order valence-electron chi connectivity index (χ1n) is 9.98. The number of likely N-dealkylation sites (tertiary alicyclic amines) is 1. The van der Waals surface area contributed by atoms with Crippen LogP contribution in [0.15, 0.2) is 6.07 Å². The molecule has 1 aliphatic rings. The Balaban J connectivity index is 1.77. The Labute approximate surface area is 177 Å². The molecule has 1 saturated heterocycles. The number of nitrogens with zero attached hydrogens (tertiary/aromatic N) is 5. The highest BCUT2D eigenvalue weighted by Crippen LogP contribution is 2.23. The Kier molecular flexibility index (Phi) is 6.33. The first kappa shape index (κ1) is 22.7. The molecule has 11 heteroatoms. The second kappa shape index (κ2) is 8.64. The first-order chi connectivity index (χ1) is 14.5. The van der Waals surface area contributed by atoms with Crippen molar-refractivity contribution in [2.24, 2.45) is 0 Å². The lowest BCUT2D eigenvalue weighted by Crippen LogP contribution is -2.48. The van der Waals surface area contributed by atoms with Crippen LogP contribution in [0.3, 0.4) is 0 Å². The van der Waals surface area contributed by atoms with Gasteiger partial charge in [-0.15, -0.1) is 0 Å². The van der Waals surface area contributed by atoms with E-state index in [1.54, 1.807) is 18.5 Å². The van der Waals surface area contributed by atoms with Gasteiger partial charge in [0.15, 0.2) is 0 Å². The lowest BCUT2D eigenvalue weighted by atomic mass is 10.1. The molecule has 3 heterocycles. The number of carbonyl (C=O) groups excluding carboxylic acids is 2. The van der Waals surface area contributed by atoms with Gasteiger partial charge in [-0.1, -0.05) is 0 Å². The number of aromatic nitrogens is 4. The molecule has 0 spiro atoms. The molecule has 168 valence electrons. The van der Waals surface area contributed by atoms with Crippen LogP contribution in [0, 0.1) is 27.7 Å². The van der Waals surface area contributed by atoms with Gasteiger partial charge in [-0.05, 0) is 46.6 Å². The molecule has 0 radical (unpaired) electrons. The van der Waals surface area contributed by atoms with Crippen molar-refractivity contribution in [3.05, 3.63) is 34.4 Å². The Morgan fingerprint density at radius 1 is 1.16 bits per heavy atom. The van der Waals surface area contributed by atoms with E-state index in [9.17, 15) is 22.8 Å². The fraction of sp³-hybridized carbons (Fsp3) is 0.550. The molecule has 1 N–H and O–H groups in total. The minimum Gasteiger partial charge on any atom is -0.345 e. The monoisotopic (exact) mass is 438 g/mol. The summed E-state index contributed by atoms with van der Waals surface area (Å²) in [5.41, 5.74) is 3.60. The molecular formula is C20H25F3N6O2. The van der Waals surface area contributed by atoms with Crippen LogP contribution >= 0.6 is 0 Å². The van der Waals surface area contributed by atoms with Gasteiger partial charge in [0.05, 0.1) is 12.1 Å². The molecule has 0 aliphatic carbocycles. The van der Waals surface area contributed by atoms with Gasteiger partial charge in [-0.3, -0.25) is 9.59 Å². The number of hydrogen-bond donors (Lipinski definition) is 1. The summed E-state index contributed by atoms with van der Waals surface area (Å²) in [4.78, 5) is 35.3. The van der Waals surface area contributed by atoms with Crippen molar-refractivity contribution >= 4 is 11.8 Å². The summed E-state index contributed by atoms with van der Waals surface area (Å²) in [5, 5.41) is 6.35. The maximum absolute atomic E-state index is 12.9. The number of nitrogens with one attached hydrogen (secondary N) is 1. The van der Waals surface area contributed by atoms with E-state index in [1.165, 1.54) is 4.90 Å². The van der Waals surface area contributed by atoms with E-state index < -0.39 is 24.7 Å². The number of amides is 2. The molecule has 1 fully saturated rings. The van der Waals surface area contributed by atoms with Gasteiger partial charge in [0.2, 0.25) is 11.8 Å². The third kappa shape index (κ3) is 5.20. The van der Waals surface area contributed by atoms with Crippen LogP contribution in [0.2, 0.25) is 0 Å². The lowest BCUT2D eigenvalue weighted by Gasteiger charge is -2.24. The maximum atomic E-state index is 12.9. The molecule has 1 atom stereocenters. The number of rotatable bonds is 5. The number of aryl methyl sites for hydroxylation is 3. The van der Waals surface area contributed by atoms with Crippen LogP contribution in [-0.2, 0) is 16.0 Å². The third-order valence-corrected chi connectivity index (χ3v) is 5.27. The van der Waals surface area contributed by atoms with E-state index in [0.717, 1.165) is 11.4 Å². The van der Waals surface area contributed by atoms with Crippen LogP contribution in [0.5, 0.6) is 0 Å². The number of hydrogen-bond acceptors (Lipinski definition) is 5. The van der Waals surface area contributed by atoms with Crippen molar-refractivity contribution in [2.45, 2.75) is 59.2 Å². The zero-order chi connectivity index (χ0) is 22.9. The summed E-state index contributed by atoms with van der Waals surface area (Å²) < 4.78 is 38.8. The summed E-state index contributed by atoms with van der Waals surface area (Å²) in [6.07, 6.45) is -3.61. The molecule has 2 aromatic rings. The van der Waals surface area contributed by atoms with Gasteiger partial charge in [0, 0.05) is 29.2 Å². The van der Waals surface area contributed by atoms with Crippen molar-refractivity contribution in [1.82, 2.24) is 30.0 Å². The summed E-state index contributed by atoms with van der Waals surface area (Å²) >= 11 is 0. The average molecular weight is 438 g/mol. The highest BCUT2D eigenvalue weighted by atomic mass is 19.4. The highest BCUT2D eigenvalue weighted by molar-refractivity contribution is 5.89. The Hall–Kier alpha value is -2.98. The van der Waals surface area contributed by atoms with E-state index in [1.807, 2.05) is 25.2 Å². The van der Waals surface area contributed by atoms with E-state index in [4.69, 9.17) is 0 Å². The molecule has 2 amide bonds. The fourth-order valence-electron chi connectivity index (χ4n) is 3.82. The van der Waals surface area contributed by atoms with Crippen LogP contribution in [0.1, 0.15) is 41.2 Å². The second-order valence-electron chi connectivity index (χ2n) is 7.77. The van der Waals surface area contributed by atoms with Gasteiger partial charge in [0.1, 0.15) is 12.6 Å². The van der Waals surface area contributed by atoms with Crippen LogP contribution in [0.25, 0.3) is 5.95 Å². The summed E-state index contributed by atoms with van der Waals surface area (Å²) in [6, 6.07) is 0.949. The Morgan fingerprint density at radius 3 is 2.42 bits per heavy atom. The van der Waals surface area contributed by atoms with Crippen molar-refractivity contribution in [2.75, 3.05) is 13.1 Å². The molecule has 1 aliphatic heterocycles. The largest absolute Gasteiger partial charge is 0.405 e. The molecule has 31 heavy (non-hydrogen) atoms. The SMILES string of the molecule is Cc1cc(C)nc(-n2nc(C)c(CC(=O)N3CCCC3C(=O)NCC(F)(F)F)c2C)n1. The molecular weight excluding hydrogens is 413 g/mol. The fourth-order valence-corrected chi connectivity index (χ4v) is 3.82. The van der Waals surface area contributed by atoms with Crippen LogP contribution in [0.4, 0.5) is 13.2 Å². The molecule has 8 nitrogen and oxygen atoms in total. The molecule has 1 unspecified atom stereocenters. The molecule has 3 rings (SSSR count). The first-order valence-corrected chi connectivity index (χ1v) is 9.98. The van der Waals surface area contributed by atoms with E-state index >= 15 is 0 Å².